The van der Waals surface area contributed by atoms with Crippen molar-refractivity contribution in [3.05, 3.63) is 58.4 Å². The van der Waals surface area contributed by atoms with Crippen molar-refractivity contribution in [3.63, 3.8) is 0 Å². The van der Waals surface area contributed by atoms with Gasteiger partial charge in [-0.15, -0.1) is 0 Å². The molecule has 0 bridgehead atoms. The van der Waals surface area contributed by atoms with Gasteiger partial charge in [-0.25, -0.2) is 4.39 Å². The smallest absolute Gasteiger partial charge is 0.165 e. The van der Waals surface area contributed by atoms with Gasteiger partial charge >= 0.3 is 0 Å². The van der Waals surface area contributed by atoms with Crippen molar-refractivity contribution < 1.29 is 14.2 Å². The molecule has 2 unspecified atom stereocenters. The van der Waals surface area contributed by atoms with Crippen LogP contribution < -0.4 is 10.1 Å². The van der Waals surface area contributed by atoms with Crippen LogP contribution in [0.4, 0.5) is 4.39 Å². The normalized spacial score (nSPS) is 20.7. The van der Waals surface area contributed by atoms with Crippen LogP contribution in [0.3, 0.4) is 0 Å². The van der Waals surface area contributed by atoms with E-state index in [1.807, 2.05) is 19.2 Å². The first kappa shape index (κ1) is 14.2. The molecule has 0 saturated heterocycles. The highest BCUT2D eigenvalue weighted by Crippen LogP contribution is 2.42. The van der Waals surface area contributed by atoms with Gasteiger partial charge in [-0.3, -0.25) is 0 Å². The molecular formula is C16H15ClFNO2. The molecule has 0 aliphatic carbocycles. The van der Waals surface area contributed by atoms with E-state index in [1.165, 1.54) is 12.1 Å². The summed E-state index contributed by atoms with van der Waals surface area (Å²) in [6.07, 6.45) is 0.389. The highest BCUT2D eigenvalue weighted by Gasteiger charge is 2.29. The molecule has 0 aromatic heterocycles. The molecule has 2 N–H and O–H groups in total. The Balaban J connectivity index is 1.96. The Morgan fingerprint density at radius 1 is 1.29 bits per heavy atom. The first-order chi connectivity index (χ1) is 10.1. The highest BCUT2D eigenvalue weighted by molar-refractivity contribution is 6.30. The maximum Gasteiger partial charge on any atom is 0.165 e. The average Bonchev–Trinajstić information content (AvgIpc) is 2.49. The quantitative estimate of drug-likeness (QED) is 0.882. The number of nitrogens with one attached hydrogen (secondary N) is 1. The van der Waals surface area contributed by atoms with E-state index in [9.17, 15) is 9.50 Å². The van der Waals surface area contributed by atoms with E-state index < -0.39 is 5.82 Å². The van der Waals surface area contributed by atoms with Crippen LogP contribution in [-0.2, 0) is 0 Å². The predicted octanol–water partition coefficient (Wildman–Crippen LogP) is 3.97. The van der Waals surface area contributed by atoms with E-state index in [1.54, 1.807) is 12.1 Å². The van der Waals surface area contributed by atoms with Crippen molar-refractivity contribution in [1.82, 2.24) is 5.32 Å². The summed E-state index contributed by atoms with van der Waals surface area (Å²) in [7, 11) is 1.87. The number of rotatable bonds is 2. The van der Waals surface area contributed by atoms with Crippen LogP contribution in [-0.4, -0.2) is 12.2 Å². The van der Waals surface area contributed by atoms with Gasteiger partial charge in [0, 0.05) is 23.0 Å². The van der Waals surface area contributed by atoms with Gasteiger partial charge in [0.25, 0.3) is 0 Å². The molecule has 0 radical (unpaired) electrons. The minimum absolute atomic E-state index is 0.0781. The maximum atomic E-state index is 13.5. The third-order valence-corrected chi connectivity index (χ3v) is 3.99. The molecule has 0 spiro atoms. The second-order valence-electron chi connectivity index (χ2n) is 5.08. The van der Waals surface area contributed by atoms with Crippen molar-refractivity contribution >= 4 is 11.6 Å². The summed E-state index contributed by atoms with van der Waals surface area (Å²) in [5.74, 6) is -0.255. The molecule has 3 nitrogen and oxygen atoms in total. The summed E-state index contributed by atoms with van der Waals surface area (Å²) in [4.78, 5) is 0. The average molecular weight is 308 g/mol. The first-order valence-electron chi connectivity index (χ1n) is 6.70. The van der Waals surface area contributed by atoms with E-state index in [0.717, 1.165) is 11.3 Å². The zero-order valence-electron chi connectivity index (χ0n) is 11.4. The number of hydrogen-bond donors (Lipinski definition) is 2. The molecule has 0 fully saturated rings. The second kappa shape index (κ2) is 5.54. The summed E-state index contributed by atoms with van der Waals surface area (Å²) in [5, 5.41) is 13.2. The summed E-state index contributed by atoms with van der Waals surface area (Å²) >= 11 is 6.03. The van der Waals surface area contributed by atoms with Crippen LogP contribution in [0.2, 0.25) is 5.02 Å². The fourth-order valence-electron chi connectivity index (χ4n) is 2.64. The third-order valence-electron chi connectivity index (χ3n) is 3.76. The van der Waals surface area contributed by atoms with Gasteiger partial charge in [-0.2, -0.15) is 0 Å². The Labute approximate surface area is 127 Å². The van der Waals surface area contributed by atoms with Crippen molar-refractivity contribution in [2.24, 2.45) is 0 Å². The summed E-state index contributed by atoms with van der Waals surface area (Å²) < 4.78 is 19.5. The molecule has 1 heterocycles. The lowest BCUT2D eigenvalue weighted by Crippen LogP contribution is -2.26. The molecule has 21 heavy (non-hydrogen) atoms. The van der Waals surface area contributed by atoms with E-state index in [-0.39, 0.29) is 17.9 Å². The van der Waals surface area contributed by atoms with Gasteiger partial charge in [-0.05, 0) is 42.9 Å². The van der Waals surface area contributed by atoms with Gasteiger partial charge in [0.05, 0.1) is 0 Å². The number of benzene rings is 2. The Bertz CT molecular complexity index is 677. The molecular weight excluding hydrogens is 293 g/mol. The third kappa shape index (κ3) is 2.69. The van der Waals surface area contributed by atoms with Gasteiger partial charge in [0.15, 0.2) is 11.6 Å². The van der Waals surface area contributed by atoms with Gasteiger partial charge in [-0.1, -0.05) is 17.7 Å². The summed E-state index contributed by atoms with van der Waals surface area (Å²) in [5.41, 5.74) is 1.70. The molecule has 2 atom stereocenters. The Morgan fingerprint density at radius 2 is 2.10 bits per heavy atom. The van der Waals surface area contributed by atoms with Crippen LogP contribution in [0.25, 0.3) is 0 Å². The predicted molar refractivity (Wildman–Crippen MR) is 79.3 cm³/mol. The van der Waals surface area contributed by atoms with Crippen molar-refractivity contribution in [2.45, 2.75) is 18.6 Å². The van der Waals surface area contributed by atoms with Crippen LogP contribution in [0.15, 0.2) is 36.4 Å². The molecule has 110 valence electrons. The number of aromatic hydroxyl groups is 1. The number of phenols is 1. The van der Waals surface area contributed by atoms with Gasteiger partial charge in [0.2, 0.25) is 0 Å². The van der Waals surface area contributed by atoms with E-state index in [4.69, 9.17) is 16.3 Å². The van der Waals surface area contributed by atoms with Crippen molar-refractivity contribution in [1.29, 1.82) is 0 Å². The van der Waals surface area contributed by atoms with Gasteiger partial charge < -0.3 is 15.2 Å². The SMILES string of the molecule is CNC1CC(c2ccc(O)c(F)c2)Oc2ccc(Cl)cc21. The number of phenolic OH excluding ortho intramolecular Hbond substituents is 1. The Morgan fingerprint density at radius 3 is 2.81 bits per heavy atom. The topological polar surface area (TPSA) is 41.5 Å². The molecule has 2 aromatic rings. The second-order valence-corrected chi connectivity index (χ2v) is 5.51. The zero-order chi connectivity index (χ0) is 15.0. The minimum atomic E-state index is -0.640. The molecule has 3 rings (SSSR count). The molecule has 0 amide bonds. The summed E-state index contributed by atoms with van der Waals surface area (Å²) in [6.45, 7) is 0. The largest absolute Gasteiger partial charge is 0.505 e. The maximum absolute atomic E-state index is 13.5. The van der Waals surface area contributed by atoms with Crippen LogP contribution in [0.1, 0.15) is 29.7 Å². The lowest BCUT2D eigenvalue weighted by Gasteiger charge is -2.32. The molecule has 2 aromatic carbocycles. The van der Waals surface area contributed by atoms with Crippen molar-refractivity contribution in [2.75, 3.05) is 7.05 Å². The number of ether oxygens (including phenoxy) is 1. The lowest BCUT2D eigenvalue weighted by molar-refractivity contribution is 0.153. The Hall–Kier alpha value is -1.78. The van der Waals surface area contributed by atoms with Crippen molar-refractivity contribution in [3.8, 4) is 11.5 Å². The van der Waals surface area contributed by atoms with E-state index in [2.05, 4.69) is 5.32 Å². The van der Waals surface area contributed by atoms with Crippen LogP contribution in [0.5, 0.6) is 11.5 Å². The number of halogens is 2. The van der Waals surface area contributed by atoms with Crippen LogP contribution in [0, 0.1) is 5.82 Å². The standard InChI is InChI=1S/C16H15ClFNO2/c1-19-13-8-16(9-2-4-14(20)12(18)6-9)21-15-5-3-10(17)7-11(13)15/h2-7,13,16,19-20H,8H2,1H3. The highest BCUT2D eigenvalue weighted by atomic mass is 35.5. The molecule has 1 aliphatic rings. The summed E-state index contributed by atoms with van der Waals surface area (Å²) in [6, 6.07) is 9.89. The molecule has 1 aliphatic heterocycles. The fraction of sp³-hybridized carbons (Fsp3) is 0.250. The lowest BCUT2D eigenvalue weighted by atomic mass is 9.93. The van der Waals surface area contributed by atoms with Gasteiger partial charge in [0.1, 0.15) is 11.9 Å². The zero-order valence-corrected chi connectivity index (χ0v) is 12.2. The van der Waals surface area contributed by atoms with E-state index >= 15 is 0 Å². The molecule has 0 saturated carbocycles. The fourth-order valence-corrected chi connectivity index (χ4v) is 2.82. The number of fused-ring (bicyclic) bond motifs is 1. The van der Waals surface area contributed by atoms with Crippen LogP contribution >= 0.6 is 11.6 Å². The molecule has 5 heteroatoms. The number of hydrogen-bond acceptors (Lipinski definition) is 3. The van der Waals surface area contributed by atoms with E-state index in [0.29, 0.717) is 17.0 Å². The monoisotopic (exact) mass is 307 g/mol. The minimum Gasteiger partial charge on any atom is -0.505 e. The first-order valence-corrected chi connectivity index (χ1v) is 7.08. The Kier molecular flexibility index (Phi) is 3.74.